The van der Waals surface area contributed by atoms with Crippen molar-refractivity contribution in [3.8, 4) is 0 Å². The van der Waals surface area contributed by atoms with E-state index >= 15 is 0 Å². The Labute approximate surface area is 149 Å². The predicted molar refractivity (Wildman–Crippen MR) is 97.3 cm³/mol. The molecule has 0 bridgehead atoms. The number of benzene rings is 1. The summed E-state index contributed by atoms with van der Waals surface area (Å²) in [5.41, 5.74) is 1.29. The molecule has 0 spiro atoms. The van der Waals surface area contributed by atoms with Crippen molar-refractivity contribution in [1.82, 2.24) is 4.90 Å². The van der Waals surface area contributed by atoms with Gasteiger partial charge in [0.1, 0.15) is 5.60 Å². The molecule has 2 fully saturated rings. The summed E-state index contributed by atoms with van der Waals surface area (Å²) in [4.78, 5) is 26.6. The summed E-state index contributed by atoms with van der Waals surface area (Å²) in [6.45, 7) is 11.7. The highest BCUT2D eigenvalue weighted by Gasteiger charge is 2.62. The van der Waals surface area contributed by atoms with Gasteiger partial charge in [-0.1, -0.05) is 32.0 Å². The van der Waals surface area contributed by atoms with E-state index in [4.69, 9.17) is 4.74 Å². The molecule has 1 aliphatic carbocycles. The van der Waals surface area contributed by atoms with Gasteiger partial charge in [0.05, 0.1) is 6.42 Å². The molecule has 0 aromatic heterocycles. The first-order valence-corrected chi connectivity index (χ1v) is 8.93. The van der Waals surface area contributed by atoms with Crippen molar-refractivity contribution in [2.75, 3.05) is 18.4 Å². The molecule has 25 heavy (non-hydrogen) atoms. The molecule has 1 N–H and O–H groups in total. The van der Waals surface area contributed by atoms with E-state index < -0.39 is 11.7 Å². The highest BCUT2D eigenvalue weighted by molar-refractivity contribution is 5.88. The van der Waals surface area contributed by atoms with Crippen molar-refractivity contribution in [1.29, 1.82) is 0 Å². The standard InChI is InChI=1S/C20H28N2O3/c1-19(2,3)25-18(24)21-16-9-7-6-8-13(16)10-17(23)22-11-14-15(12-22)20(14,4)5/h6-9,14-15H,10-12H2,1-5H3,(H,21,24)/t14-,15-/m1/s1. The van der Waals surface area contributed by atoms with Crippen LogP contribution in [0, 0.1) is 17.3 Å². The maximum absolute atomic E-state index is 12.6. The molecular weight excluding hydrogens is 316 g/mol. The first-order valence-electron chi connectivity index (χ1n) is 8.93. The Morgan fingerprint density at radius 1 is 1.20 bits per heavy atom. The summed E-state index contributed by atoms with van der Waals surface area (Å²) in [7, 11) is 0. The Balaban J connectivity index is 1.62. The summed E-state index contributed by atoms with van der Waals surface area (Å²) in [5.74, 6) is 1.42. The fourth-order valence-electron chi connectivity index (χ4n) is 3.82. The van der Waals surface area contributed by atoms with Crippen LogP contribution < -0.4 is 5.32 Å². The van der Waals surface area contributed by atoms with E-state index in [0.717, 1.165) is 18.7 Å². The second kappa shape index (κ2) is 6.04. The van der Waals surface area contributed by atoms with Crippen LogP contribution in [0.4, 0.5) is 10.5 Å². The average molecular weight is 344 g/mol. The van der Waals surface area contributed by atoms with Crippen molar-refractivity contribution < 1.29 is 14.3 Å². The van der Waals surface area contributed by atoms with Crippen LogP contribution in [0.5, 0.6) is 0 Å². The Kier molecular flexibility index (Phi) is 4.30. The molecule has 3 rings (SSSR count). The number of nitrogens with zero attached hydrogens (tertiary/aromatic N) is 1. The van der Waals surface area contributed by atoms with Gasteiger partial charge < -0.3 is 9.64 Å². The van der Waals surface area contributed by atoms with Gasteiger partial charge in [-0.25, -0.2) is 4.79 Å². The summed E-state index contributed by atoms with van der Waals surface area (Å²) < 4.78 is 5.30. The number of carbonyl (C=O) groups excluding carboxylic acids is 2. The van der Waals surface area contributed by atoms with Gasteiger partial charge in [0, 0.05) is 18.8 Å². The zero-order chi connectivity index (χ0) is 18.4. The molecule has 2 atom stereocenters. The largest absolute Gasteiger partial charge is 0.444 e. The quantitative estimate of drug-likeness (QED) is 0.910. The first kappa shape index (κ1) is 17.8. The first-order chi connectivity index (χ1) is 11.6. The Morgan fingerprint density at radius 3 is 2.40 bits per heavy atom. The van der Waals surface area contributed by atoms with E-state index in [9.17, 15) is 9.59 Å². The number of fused-ring (bicyclic) bond motifs is 1. The van der Waals surface area contributed by atoms with Crippen molar-refractivity contribution in [2.24, 2.45) is 17.3 Å². The van der Waals surface area contributed by atoms with Crippen LogP contribution in [-0.2, 0) is 16.0 Å². The smallest absolute Gasteiger partial charge is 0.412 e. The van der Waals surface area contributed by atoms with Gasteiger partial charge in [0.15, 0.2) is 0 Å². The second-order valence-corrected chi connectivity index (χ2v) is 8.79. The molecule has 2 aliphatic rings. The van der Waals surface area contributed by atoms with Gasteiger partial charge in [-0.3, -0.25) is 10.1 Å². The predicted octanol–water partition coefficient (Wildman–Crippen LogP) is 3.69. The van der Waals surface area contributed by atoms with Crippen LogP contribution >= 0.6 is 0 Å². The number of anilines is 1. The van der Waals surface area contributed by atoms with E-state index in [1.807, 2.05) is 43.9 Å². The van der Waals surface area contributed by atoms with Crippen LogP contribution in [0.15, 0.2) is 24.3 Å². The van der Waals surface area contributed by atoms with E-state index in [-0.39, 0.29) is 5.91 Å². The lowest BCUT2D eigenvalue weighted by atomic mass is 10.1. The van der Waals surface area contributed by atoms with Crippen LogP contribution in [0.3, 0.4) is 0 Å². The minimum atomic E-state index is -0.557. The number of piperidine rings is 1. The Bertz CT molecular complexity index is 676. The molecule has 0 radical (unpaired) electrons. The fourth-order valence-corrected chi connectivity index (χ4v) is 3.82. The molecule has 1 saturated heterocycles. The molecule has 1 heterocycles. The SMILES string of the molecule is CC(C)(C)OC(=O)Nc1ccccc1CC(=O)N1C[C@@H]2[C@@H](C1)C2(C)C. The molecule has 0 unspecified atom stereocenters. The summed E-state index contributed by atoms with van der Waals surface area (Å²) in [6, 6.07) is 7.41. The number of likely N-dealkylation sites (tertiary alicyclic amines) is 1. The van der Waals surface area contributed by atoms with Gasteiger partial charge >= 0.3 is 6.09 Å². The highest BCUT2D eigenvalue weighted by atomic mass is 16.6. The van der Waals surface area contributed by atoms with Crippen molar-refractivity contribution in [3.05, 3.63) is 29.8 Å². The lowest BCUT2D eigenvalue weighted by Gasteiger charge is -2.23. The van der Waals surface area contributed by atoms with Crippen LogP contribution in [-0.4, -0.2) is 35.6 Å². The minimum absolute atomic E-state index is 0.126. The zero-order valence-electron chi connectivity index (χ0n) is 15.8. The number of hydrogen-bond acceptors (Lipinski definition) is 3. The molecule has 1 aromatic rings. The number of ether oxygens (including phenoxy) is 1. The molecule has 1 aliphatic heterocycles. The van der Waals surface area contributed by atoms with Gasteiger partial charge in [-0.2, -0.15) is 0 Å². The molecule has 5 heteroatoms. The maximum Gasteiger partial charge on any atom is 0.412 e. The molecule has 1 aromatic carbocycles. The number of para-hydroxylation sites is 1. The Morgan fingerprint density at radius 2 is 1.80 bits per heavy atom. The number of nitrogens with one attached hydrogen (secondary N) is 1. The third-order valence-corrected chi connectivity index (χ3v) is 5.47. The second-order valence-electron chi connectivity index (χ2n) is 8.79. The maximum atomic E-state index is 12.6. The molecule has 5 nitrogen and oxygen atoms in total. The number of amides is 2. The molecule has 136 valence electrons. The molecular formula is C20H28N2O3. The van der Waals surface area contributed by atoms with Crippen LogP contribution in [0.1, 0.15) is 40.2 Å². The van der Waals surface area contributed by atoms with Gasteiger partial charge in [-0.05, 0) is 49.7 Å². The highest BCUT2D eigenvalue weighted by Crippen LogP contribution is 2.61. The topological polar surface area (TPSA) is 58.6 Å². The zero-order valence-corrected chi connectivity index (χ0v) is 15.8. The van der Waals surface area contributed by atoms with E-state index in [0.29, 0.717) is 29.4 Å². The lowest BCUT2D eigenvalue weighted by molar-refractivity contribution is -0.130. The van der Waals surface area contributed by atoms with E-state index in [1.54, 1.807) is 6.07 Å². The van der Waals surface area contributed by atoms with Gasteiger partial charge in [-0.15, -0.1) is 0 Å². The molecule has 1 saturated carbocycles. The summed E-state index contributed by atoms with van der Waals surface area (Å²) >= 11 is 0. The van der Waals surface area contributed by atoms with Crippen LogP contribution in [0.25, 0.3) is 0 Å². The third-order valence-electron chi connectivity index (χ3n) is 5.47. The monoisotopic (exact) mass is 344 g/mol. The van der Waals surface area contributed by atoms with Gasteiger partial charge in [0.2, 0.25) is 5.91 Å². The third kappa shape index (κ3) is 3.80. The summed E-state index contributed by atoms with van der Waals surface area (Å²) in [5, 5.41) is 2.76. The van der Waals surface area contributed by atoms with Crippen molar-refractivity contribution in [3.63, 3.8) is 0 Å². The summed E-state index contributed by atoms with van der Waals surface area (Å²) in [6.07, 6.45) is -0.206. The normalized spacial score (nSPS) is 23.8. The van der Waals surface area contributed by atoms with Crippen molar-refractivity contribution in [2.45, 2.75) is 46.6 Å². The average Bonchev–Trinajstić information content (AvgIpc) is 2.87. The number of carbonyl (C=O) groups is 2. The number of rotatable bonds is 3. The van der Waals surface area contributed by atoms with Crippen LogP contribution in [0.2, 0.25) is 0 Å². The fraction of sp³-hybridized carbons (Fsp3) is 0.600. The van der Waals surface area contributed by atoms with E-state index in [2.05, 4.69) is 19.2 Å². The number of hydrogen-bond donors (Lipinski definition) is 1. The minimum Gasteiger partial charge on any atom is -0.444 e. The van der Waals surface area contributed by atoms with Crippen molar-refractivity contribution >= 4 is 17.7 Å². The van der Waals surface area contributed by atoms with E-state index in [1.165, 1.54) is 0 Å². The molecule has 2 amide bonds. The lowest BCUT2D eigenvalue weighted by Crippen LogP contribution is -2.34. The Hall–Kier alpha value is -2.04. The van der Waals surface area contributed by atoms with Gasteiger partial charge in [0.25, 0.3) is 0 Å².